The van der Waals surface area contributed by atoms with E-state index >= 15 is 0 Å². The normalized spacial score (nSPS) is 49.7. The first-order valence-electron chi connectivity index (χ1n) is 22.6. The van der Waals surface area contributed by atoms with Crippen molar-refractivity contribution in [3.63, 3.8) is 0 Å². The average Bonchev–Trinajstić information content (AvgIpc) is 3.55. The number of esters is 3. The Labute approximate surface area is 387 Å². The molecule has 372 valence electrons. The zero-order valence-electron chi connectivity index (χ0n) is 36.9. The summed E-state index contributed by atoms with van der Waals surface area (Å²) < 4.78 is 52.6. The van der Waals surface area contributed by atoms with Crippen LogP contribution in [0.4, 0.5) is 0 Å². The molecule has 22 nitrogen and oxygen atoms in total. The Hall–Kier alpha value is -3.79. The fourth-order valence-electron chi connectivity index (χ4n) is 13.1. The van der Waals surface area contributed by atoms with Crippen LogP contribution < -0.4 is 0 Å². The van der Waals surface area contributed by atoms with Crippen LogP contribution in [0.25, 0.3) is 0 Å². The third-order valence-electron chi connectivity index (χ3n) is 16.6. The van der Waals surface area contributed by atoms with E-state index in [9.17, 15) is 65.4 Å². The van der Waals surface area contributed by atoms with Crippen LogP contribution >= 0.6 is 0 Å². The van der Waals surface area contributed by atoms with Crippen molar-refractivity contribution in [1.29, 1.82) is 0 Å². The number of benzene rings is 2. The molecule has 6 saturated carbocycles. The van der Waals surface area contributed by atoms with E-state index in [1.54, 1.807) is 74.5 Å². The maximum absolute atomic E-state index is 13.2. The third-order valence-corrected chi connectivity index (χ3v) is 16.6. The van der Waals surface area contributed by atoms with Crippen molar-refractivity contribution in [2.45, 2.75) is 142 Å². The molecule has 0 aromatic heterocycles. The molecule has 0 amide bonds. The molecule has 22 heteroatoms. The van der Waals surface area contributed by atoms with E-state index in [-0.39, 0.29) is 37.9 Å². The standard InChI is InChI=1S/2C23H28O11/c1-20-9-22(29)13-7-23(20,32-18-16(27)15(26)14(25)12(8-24)31-18)21(13,19(33-20)34-22)10-30-17(28)11-5-3-2-4-6-11;1-21-8-13(25)12-7-23(21,33-19-17(28)16(27)15(26)14(9-24)32-19)22(12,20(30)34-21)10-31-18(29)11-5-3-2-4-6-11/h2-6,12-16,18-19,24-27,29H,7-10H2,1H3;2-6,12-17,19,24-28H,7-10H2,1H3/t12-,13-,14-,15+,16-,18+,19-,20+,21+,22-,23+;12-,13+,14+,15+,16-,17+,19-,21-,22?,23-/m10/s1. The lowest BCUT2D eigenvalue weighted by Gasteiger charge is -2.67. The van der Waals surface area contributed by atoms with E-state index in [1.807, 2.05) is 0 Å². The highest BCUT2D eigenvalue weighted by Crippen LogP contribution is 2.82. The molecule has 0 spiro atoms. The van der Waals surface area contributed by atoms with Crippen molar-refractivity contribution in [3.05, 3.63) is 71.8 Å². The van der Waals surface area contributed by atoms with Gasteiger partial charge in [0.25, 0.3) is 0 Å². The van der Waals surface area contributed by atoms with Gasteiger partial charge < -0.3 is 93.7 Å². The predicted molar refractivity (Wildman–Crippen MR) is 219 cm³/mol. The van der Waals surface area contributed by atoms with Crippen molar-refractivity contribution in [2.24, 2.45) is 22.7 Å². The van der Waals surface area contributed by atoms with Crippen LogP contribution in [0.2, 0.25) is 0 Å². The lowest BCUT2D eigenvalue weighted by Crippen LogP contribution is -2.80. The minimum absolute atomic E-state index is 0.0508. The first-order chi connectivity index (χ1) is 32.2. The number of carbonyl (C=O) groups excluding carboxylic acids is 3. The predicted octanol–water partition coefficient (Wildman–Crippen LogP) is -2.87. The molecule has 12 fully saturated rings. The van der Waals surface area contributed by atoms with Gasteiger partial charge in [-0.15, -0.1) is 0 Å². The second kappa shape index (κ2) is 16.4. The topological polar surface area (TPSA) is 337 Å². The monoisotopic (exact) mass is 960 g/mol. The number of hydrogen-bond acceptors (Lipinski definition) is 22. The number of fused-ring (bicyclic) bond motifs is 1. The van der Waals surface area contributed by atoms with E-state index < -0.39 is 162 Å². The van der Waals surface area contributed by atoms with Gasteiger partial charge >= 0.3 is 17.9 Å². The molecular weight excluding hydrogens is 904 g/mol. The molecule has 6 heterocycles. The van der Waals surface area contributed by atoms with Crippen LogP contribution in [-0.4, -0.2) is 197 Å². The zero-order valence-corrected chi connectivity index (χ0v) is 36.9. The van der Waals surface area contributed by atoms with Gasteiger partial charge in [0.15, 0.2) is 24.7 Å². The molecular formula is C46H56O22. The van der Waals surface area contributed by atoms with Crippen molar-refractivity contribution in [2.75, 3.05) is 26.4 Å². The van der Waals surface area contributed by atoms with Crippen molar-refractivity contribution < 1.29 is 108 Å². The average molecular weight is 961 g/mol. The maximum Gasteiger partial charge on any atom is 0.338 e. The molecule has 2 aromatic carbocycles. The molecule has 6 saturated heterocycles. The molecule has 6 aliphatic carbocycles. The summed E-state index contributed by atoms with van der Waals surface area (Å²) in [5.41, 5.74) is -7.06. The fraction of sp³-hybridized carbons (Fsp3) is 0.674. The first-order valence-corrected chi connectivity index (χ1v) is 22.6. The number of aliphatic hydroxyl groups is 10. The lowest BCUT2D eigenvalue weighted by atomic mass is 9.40. The van der Waals surface area contributed by atoms with Crippen LogP contribution in [0.3, 0.4) is 0 Å². The Balaban J connectivity index is 0.000000159. The van der Waals surface area contributed by atoms with Crippen LogP contribution in [0.1, 0.15) is 60.2 Å². The molecule has 10 N–H and O–H groups in total. The molecule has 6 aliphatic heterocycles. The molecule has 12 aliphatic rings. The van der Waals surface area contributed by atoms with Gasteiger partial charge in [-0.05, 0) is 51.0 Å². The Bertz CT molecular complexity index is 2270. The van der Waals surface area contributed by atoms with Crippen LogP contribution in [0.5, 0.6) is 0 Å². The number of rotatable bonds is 12. The summed E-state index contributed by atoms with van der Waals surface area (Å²) in [5, 5.41) is 103. The van der Waals surface area contributed by atoms with E-state index in [4.69, 9.17) is 42.6 Å². The van der Waals surface area contributed by atoms with Crippen molar-refractivity contribution >= 4 is 17.9 Å². The van der Waals surface area contributed by atoms with E-state index in [1.165, 1.54) is 0 Å². The van der Waals surface area contributed by atoms with Crippen LogP contribution in [-0.2, 0) is 47.4 Å². The number of ether oxygens (including phenoxy) is 9. The number of carbonyl (C=O) groups is 3. The minimum atomic E-state index is -1.69. The highest BCUT2D eigenvalue weighted by atomic mass is 16.8. The number of aliphatic hydroxyl groups excluding tert-OH is 9. The van der Waals surface area contributed by atoms with Crippen molar-refractivity contribution in [1.82, 2.24) is 0 Å². The van der Waals surface area contributed by atoms with Gasteiger partial charge in [-0.25, -0.2) is 9.59 Å². The molecule has 2 aromatic rings. The Morgan fingerprint density at radius 1 is 0.647 bits per heavy atom. The van der Waals surface area contributed by atoms with Gasteiger partial charge in [-0.2, -0.15) is 0 Å². The van der Waals surface area contributed by atoms with Crippen LogP contribution in [0.15, 0.2) is 60.7 Å². The second-order valence-corrected chi connectivity index (χ2v) is 20.0. The summed E-state index contributed by atoms with van der Waals surface area (Å²) in [6.45, 7) is 1.49. The van der Waals surface area contributed by atoms with Crippen molar-refractivity contribution in [3.8, 4) is 0 Å². The van der Waals surface area contributed by atoms with E-state index in [0.29, 0.717) is 5.56 Å². The van der Waals surface area contributed by atoms with Crippen LogP contribution in [0, 0.1) is 22.7 Å². The quantitative estimate of drug-likeness (QED) is 0.0755. The molecule has 0 radical (unpaired) electrons. The van der Waals surface area contributed by atoms with E-state index in [2.05, 4.69) is 0 Å². The summed E-state index contributed by atoms with van der Waals surface area (Å²) in [4.78, 5) is 38.6. The summed E-state index contributed by atoms with van der Waals surface area (Å²) in [6, 6.07) is 16.7. The van der Waals surface area contributed by atoms with E-state index in [0.717, 1.165) is 0 Å². The third kappa shape index (κ3) is 6.31. The SMILES string of the molecule is C[C@@]12C[C@@]3(O)O[C@@H](O1)[C@]1(COC(=O)c4ccccc4)[C@H]3C[C@@]12O[C@@H]1O[C@H](CO)[C@@H](O)[C@H](O)[C@H]1O.C[C@]12C[C@@H](O)[C@@H]3C[C@@]1(O[C@@H]1O[C@H](CO)[C@@H](O)[C@H](O)[C@H]1O)C3(COC(=O)c1ccccc1)C(=O)O2. The van der Waals surface area contributed by atoms with Gasteiger partial charge in [0.05, 0.1) is 35.9 Å². The lowest BCUT2D eigenvalue weighted by molar-refractivity contribution is -0.424. The Morgan fingerprint density at radius 2 is 1.16 bits per heavy atom. The van der Waals surface area contributed by atoms with Gasteiger partial charge in [0, 0.05) is 24.7 Å². The van der Waals surface area contributed by atoms with Gasteiger partial charge in [-0.1, -0.05) is 36.4 Å². The Kier molecular flexibility index (Phi) is 11.5. The summed E-state index contributed by atoms with van der Waals surface area (Å²) >= 11 is 0. The molecule has 10 bridgehead atoms. The number of hydrogen-bond donors (Lipinski definition) is 10. The largest absolute Gasteiger partial charge is 0.461 e. The maximum atomic E-state index is 13.2. The summed E-state index contributed by atoms with van der Waals surface area (Å²) in [7, 11) is 0. The van der Waals surface area contributed by atoms with Gasteiger partial charge in [-0.3, -0.25) is 4.79 Å². The highest BCUT2D eigenvalue weighted by molar-refractivity contribution is 5.91. The molecule has 14 rings (SSSR count). The fourth-order valence-corrected chi connectivity index (χ4v) is 13.1. The first kappa shape index (κ1) is 47.9. The summed E-state index contributed by atoms with van der Waals surface area (Å²) in [5.74, 6) is -4.50. The molecule has 68 heavy (non-hydrogen) atoms. The van der Waals surface area contributed by atoms with Gasteiger partial charge in [0.1, 0.15) is 89.9 Å². The Morgan fingerprint density at radius 3 is 1.69 bits per heavy atom. The molecule has 21 atom stereocenters. The minimum Gasteiger partial charge on any atom is -0.461 e. The zero-order chi connectivity index (χ0) is 48.6. The smallest absolute Gasteiger partial charge is 0.338 e. The van der Waals surface area contributed by atoms with Gasteiger partial charge in [0.2, 0.25) is 0 Å². The highest BCUT2D eigenvalue weighted by Gasteiger charge is 2.95. The second-order valence-electron chi connectivity index (χ2n) is 20.0. The molecule has 1 unspecified atom stereocenters. The summed E-state index contributed by atoms with van der Waals surface area (Å²) in [6.07, 6.45) is -16.3.